The van der Waals surface area contributed by atoms with E-state index in [-0.39, 0.29) is 17.9 Å². The summed E-state index contributed by atoms with van der Waals surface area (Å²) in [7, 11) is 0. The van der Waals surface area contributed by atoms with Crippen molar-refractivity contribution in [3.63, 3.8) is 0 Å². The van der Waals surface area contributed by atoms with Crippen LogP contribution >= 0.6 is 22.7 Å². The van der Waals surface area contributed by atoms with Gasteiger partial charge in [-0.2, -0.15) is 11.3 Å². The maximum atomic E-state index is 12.1. The molecule has 2 N–H and O–H groups in total. The molecule has 4 nitrogen and oxygen atoms in total. The third-order valence-corrected chi connectivity index (χ3v) is 5.30. The van der Waals surface area contributed by atoms with Crippen molar-refractivity contribution >= 4 is 28.6 Å². The number of nitrogens with one attached hydrogen (secondary N) is 1. The van der Waals surface area contributed by atoms with Crippen molar-refractivity contribution in [2.24, 2.45) is 5.41 Å². The Hall–Kier alpha value is -1.24. The predicted octanol–water partition coefficient (Wildman–Crippen LogP) is 2.76. The molecule has 106 valence electrons. The van der Waals surface area contributed by atoms with Crippen molar-refractivity contribution in [3.05, 3.63) is 27.9 Å². The van der Waals surface area contributed by atoms with Gasteiger partial charge < -0.3 is 10.4 Å². The molecule has 1 fully saturated rings. The molecule has 2 heterocycles. The van der Waals surface area contributed by atoms with Crippen LogP contribution in [0.2, 0.25) is 0 Å². The summed E-state index contributed by atoms with van der Waals surface area (Å²) in [5, 5.41) is 18.7. The fraction of sp³-hybridized carbons (Fsp3) is 0.429. The predicted molar refractivity (Wildman–Crippen MR) is 81.1 cm³/mol. The molecule has 20 heavy (non-hydrogen) atoms. The second-order valence-corrected chi connectivity index (χ2v) is 6.84. The van der Waals surface area contributed by atoms with Gasteiger partial charge in [0.05, 0.1) is 0 Å². The second-order valence-electron chi connectivity index (χ2n) is 5.21. The topological polar surface area (TPSA) is 62.2 Å². The number of carbonyl (C=O) groups is 1. The van der Waals surface area contributed by atoms with Crippen LogP contribution in [0.5, 0.6) is 0 Å². The number of thiophene rings is 1. The van der Waals surface area contributed by atoms with Gasteiger partial charge in [-0.25, -0.2) is 4.98 Å². The van der Waals surface area contributed by atoms with Crippen LogP contribution in [0, 0.1) is 5.41 Å². The molecule has 2 aromatic heterocycles. The lowest BCUT2D eigenvalue weighted by Gasteiger charge is -2.13. The fourth-order valence-corrected chi connectivity index (χ4v) is 3.70. The molecular weight excluding hydrogens is 292 g/mol. The van der Waals surface area contributed by atoms with Gasteiger partial charge in [-0.3, -0.25) is 4.79 Å². The summed E-state index contributed by atoms with van der Waals surface area (Å²) in [6.45, 7) is 0.826. The Morgan fingerprint density at radius 2 is 2.30 bits per heavy atom. The number of nitrogens with zero attached hydrogens (tertiary/aromatic N) is 1. The third-order valence-electron chi connectivity index (χ3n) is 3.73. The van der Waals surface area contributed by atoms with Crippen molar-refractivity contribution in [3.8, 4) is 10.6 Å². The van der Waals surface area contributed by atoms with Crippen molar-refractivity contribution in [2.45, 2.75) is 19.3 Å². The molecule has 0 unspecified atom stereocenters. The van der Waals surface area contributed by atoms with E-state index in [1.54, 1.807) is 16.7 Å². The number of aliphatic hydroxyl groups excluding tert-OH is 1. The smallest absolute Gasteiger partial charge is 0.270 e. The summed E-state index contributed by atoms with van der Waals surface area (Å²) in [4.78, 5) is 16.5. The Bertz CT molecular complexity index is 588. The number of hydrogen-bond acceptors (Lipinski definition) is 5. The number of amides is 1. The van der Waals surface area contributed by atoms with Crippen molar-refractivity contribution < 1.29 is 9.90 Å². The maximum Gasteiger partial charge on any atom is 0.270 e. The van der Waals surface area contributed by atoms with E-state index in [0.29, 0.717) is 12.2 Å². The largest absolute Gasteiger partial charge is 0.396 e. The summed E-state index contributed by atoms with van der Waals surface area (Å²) >= 11 is 3.11. The molecule has 1 aliphatic carbocycles. The first-order valence-corrected chi connectivity index (χ1v) is 8.42. The van der Waals surface area contributed by atoms with Crippen molar-refractivity contribution in [1.82, 2.24) is 10.3 Å². The molecule has 0 aromatic carbocycles. The standard InChI is InChI=1S/C14H16N2O2S2/c17-5-4-14(2-3-14)9-15-12(18)11-8-20-13(16-11)10-1-6-19-7-10/h1,6-8,17H,2-5,9H2,(H,15,18). The average molecular weight is 308 g/mol. The average Bonchev–Trinajstić information content (AvgIpc) is 2.89. The molecule has 0 bridgehead atoms. The van der Waals surface area contributed by atoms with Crippen LogP contribution in [0.1, 0.15) is 29.8 Å². The van der Waals surface area contributed by atoms with Gasteiger partial charge in [-0.1, -0.05) is 0 Å². The number of hydrogen-bond donors (Lipinski definition) is 2. The van der Waals surface area contributed by atoms with Gasteiger partial charge in [-0.05, 0) is 36.1 Å². The zero-order valence-corrected chi connectivity index (χ0v) is 12.6. The minimum absolute atomic E-state index is 0.119. The molecule has 0 radical (unpaired) electrons. The van der Waals surface area contributed by atoms with Crippen molar-refractivity contribution in [2.75, 3.05) is 13.2 Å². The lowest BCUT2D eigenvalue weighted by atomic mass is 10.0. The highest BCUT2D eigenvalue weighted by Crippen LogP contribution is 2.47. The molecule has 0 atom stereocenters. The van der Waals surface area contributed by atoms with Gasteiger partial charge in [0, 0.05) is 29.5 Å². The van der Waals surface area contributed by atoms with Gasteiger partial charge in [0.1, 0.15) is 10.7 Å². The Kier molecular flexibility index (Phi) is 3.87. The minimum Gasteiger partial charge on any atom is -0.396 e. The summed E-state index contributed by atoms with van der Waals surface area (Å²) in [5.41, 5.74) is 1.69. The highest BCUT2D eigenvalue weighted by Gasteiger charge is 2.41. The van der Waals surface area contributed by atoms with Crippen molar-refractivity contribution in [1.29, 1.82) is 0 Å². The maximum absolute atomic E-state index is 12.1. The van der Waals surface area contributed by atoms with Crippen LogP contribution in [-0.2, 0) is 0 Å². The minimum atomic E-state index is -0.119. The first kappa shape index (κ1) is 13.7. The van der Waals surface area contributed by atoms with Crippen LogP contribution in [0.3, 0.4) is 0 Å². The summed E-state index contributed by atoms with van der Waals surface area (Å²) in [6, 6.07) is 2.01. The Labute approximate surface area is 125 Å². The van der Waals surface area contributed by atoms with Gasteiger partial charge >= 0.3 is 0 Å². The highest BCUT2D eigenvalue weighted by molar-refractivity contribution is 7.14. The van der Waals surface area contributed by atoms with E-state index < -0.39 is 0 Å². The van der Waals surface area contributed by atoms with Crippen LogP contribution < -0.4 is 5.32 Å². The molecule has 3 rings (SSSR count). The molecule has 1 saturated carbocycles. The number of aromatic nitrogens is 1. The number of thiazole rings is 1. The first-order valence-electron chi connectivity index (χ1n) is 6.60. The Morgan fingerprint density at radius 3 is 2.95 bits per heavy atom. The van der Waals surface area contributed by atoms with Crippen LogP contribution in [0.25, 0.3) is 10.6 Å². The molecular formula is C14H16N2O2S2. The number of rotatable bonds is 6. The SMILES string of the molecule is O=C(NCC1(CCO)CC1)c1csc(-c2ccsc2)n1. The van der Waals surface area contributed by atoms with Crippen LogP contribution in [-0.4, -0.2) is 29.1 Å². The van der Waals surface area contributed by atoms with Gasteiger partial charge in [0.2, 0.25) is 0 Å². The Morgan fingerprint density at radius 1 is 1.45 bits per heavy atom. The molecule has 1 amide bonds. The van der Waals surface area contributed by atoms with E-state index in [1.807, 2.05) is 16.8 Å². The molecule has 1 aliphatic rings. The van der Waals surface area contributed by atoms with E-state index in [2.05, 4.69) is 10.3 Å². The van der Waals surface area contributed by atoms with Gasteiger partial charge in [0.15, 0.2) is 0 Å². The summed E-state index contributed by atoms with van der Waals surface area (Å²) < 4.78 is 0. The highest BCUT2D eigenvalue weighted by atomic mass is 32.1. The monoisotopic (exact) mass is 308 g/mol. The van der Waals surface area contributed by atoms with E-state index >= 15 is 0 Å². The first-order chi connectivity index (χ1) is 9.72. The molecule has 6 heteroatoms. The van der Waals surface area contributed by atoms with Crippen LogP contribution in [0.15, 0.2) is 22.2 Å². The number of carbonyl (C=O) groups excluding carboxylic acids is 1. The fourth-order valence-electron chi connectivity index (χ4n) is 2.18. The van der Waals surface area contributed by atoms with E-state index in [0.717, 1.165) is 29.8 Å². The molecule has 0 aliphatic heterocycles. The molecule has 2 aromatic rings. The lowest BCUT2D eigenvalue weighted by Crippen LogP contribution is -2.30. The summed E-state index contributed by atoms with van der Waals surface area (Å²) in [6.07, 6.45) is 2.95. The summed E-state index contributed by atoms with van der Waals surface area (Å²) in [5.74, 6) is -0.119. The lowest BCUT2D eigenvalue weighted by molar-refractivity contribution is 0.0936. The second kappa shape index (κ2) is 5.63. The zero-order chi connectivity index (χ0) is 14.0. The molecule has 0 saturated heterocycles. The van der Waals surface area contributed by atoms with E-state index in [1.165, 1.54) is 11.3 Å². The van der Waals surface area contributed by atoms with Gasteiger partial charge in [-0.15, -0.1) is 11.3 Å². The zero-order valence-electron chi connectivity index (χ0n) is 11.0. The third kappa shape index (κ3) is 2.92. The number of aliphatic hydroxyl groups is 1. The van der Waals surface area contributed by atoms with E-state index in [9.17, 15) is 4.79 Å². The Balaban J connectivity index is 1.60. The molecule has 0 spiro atoms. The normalized spacial score (nSPS) is 16.1. The van der Waals surface area contributed by atoms with E-state index in [4.69, 9.17) is 5.11 Å². The quantitative estimate of drug-likeness (QED) is 0.862. The van der Waals surface area contributed by atoms with Gasteiger partial charge in [0.25, 0.3) is 5.91 Å². The van der Waals surface area contributed by atoms with Crippen LogP contribution in [0.4, 0.5) is 0 Å².